The molecule has 0 aliphatic carbocycles. The predicted molar refractivity (Wildman–Crippen MR) is 98.9 cm³/mol. The number of rotatable bonds is 7. The molecule has 2 rings (SSSR count). The molecule has 0 heterocycles. The molecule has 0 bridgehead atoms. The van der Waals surface area contributed by atoms with E-state index in [1.54, 1.807) is 12.1 Å². The highest BCUT2D eigenvalue weighted by Crippen LogP contribution is 2.20. The third kappa shape index (κ3) is 4.80. The molecule has 130 valence electrons. The number of hydrogen-bond donors (Lipinski definition) is 1. The Bertz CT molecular complexity index is 774. The van der Waals surface area contributed by atoms with Crippen LogP contribution in [0.4, 0.5) is 0 Å². The van der Waals surface area contributed by atoms with Crippen LogP contribution in [-0.2, 0) is 16.4 Å². The van der Waals surface area contributed by atoms with E-state index in [-0.39, 0.29) is 17.5 Å². The number of nitrogens with one attached hydrogen (secondary N) is 1. The van der Waals surface area contributed by atoms with Crippen LogP contribution in [-0.4, -0.2) is 34.0 Å². The lowest BCUT2D eigenvalue weighted by atomic mass is 10.0. The van der Waals surface area contributed by atoms with Gasteiger partial charge in [0, 0.05) is 17.6 Å². The molecule has 1 unspecified atom stereocenters. The Hall–Kier alpha value is -1.40. The van der Waals surface area contributed by atoms with Gasteiger partial charge >= 0.3 is 0 Å². The van der Waals surface area contributed by atoms with Gasteiger partial charge in [0.15, 0.2) is 0 Å². The number of likely N-dealkylation sites (N-methyl/N-ethyl adjacent to an activating group) is 1. The van der Waals surface area contributed by atoms with Gasteiger partial charge in [-0.1, -0.05) is 48.9 Å². The molecule has 0 radical (unpaired) electrons. The molecule has 6 heteroatoms. The Morgan fingerprint density at radius 2 is 1.79 bits per heavy atom. The highest BCUT2D eigenvalue weighted by atomic mass is 35.5. The van der Waals surface area contributed by atoms with E-state index in [0.29, 0.717) is 5.02 Å². The van der Waals surface area contributed by atoms with Crippen LogP contribution in [0.5, 0.6) is 0 Å². The van der Waals surface area contributed by atoms with Gasteiger partial charge in [0.1, 0.15) is 0 Å². The fourth-order valence-corrected chi connectivity index (χ4v) is 3.82. The summed E-state index contributed by atoms with van der Waals surface area (Å²) >= 11 is 5.89. The third-order valence-electron chi connectivity index (χ3n) is 3.97. The van der Waals surface area contributed by atoms with Gasteiger partial charge < -0.3 is 4.90 Å². The Kier molecular flexibility index (Phi) is 6.40. The molecule has 0 fully saturated rings. The minimum absolute atomic E-state index is 0.0511. The first-order valence-electron chi connectivity index (χ1n) is 7.84. The zero-order valence-corrected chi connectivity index (χ0v) is 15.7. The summed E-state index contributed by atoms with van der Waals surface area (Å²) in [5, 5.41) is 0.400. The number of benzene rings is 2. The fourth-order valence-electron chi connectivity index (χ4n) is 2.48. The molecule has 1 N–H and O–H groups in total. The molecule has 0 saturated carbocycles. The molecule has 0 saturated heterocycles. The molecule has 0 aliphatic heterocycles. The first kappa shape index (κ1) is 18.9. The van der Waals surface area contributed by atoms with Crippen molar-refractivity contribution in [2.24, 2.45) is 0 Å². The lowest BCUT2D eigenvalue weighted by Gasteiger charge is -2.25. The third-order valence-corrected chi connectivity index (χ3v) is 5.63. The molecule has 0 amide bonds. The molecular formula is C18H23ClN2O2S. The Labute approximate surface area is 149 Å². The van der Waals surface area contributed by atoms with Crippen molar-refractivity contribution >= 4 is 21.6 Å². The zero-order valence-electron chi connectivity index (χ0n) is 14.2. The quantitative estimate of drug-likeness (QED) is 0.816. The van der Waals surface area contributed by atoms with E-state index < -0.39 is 10.0 Å². The second-order valence-corrected chi connectivity index (χ2v) is 8.09. The first-order valence-corrected chi connectivity index (χ1v) is 9.70. The largest absolute Gasteiger partial charge is 0.301 e. The molecular weight excluding hydrogens is 344 g/mol. The molecule has 0 aromatic heterocycles. The lowest BCUT2D eigenvalue weighted by Crippen LogP contribution is -2.34. The number of aryl methyl sites for hydroxylation is 1. The number of halogens is 1. The monoisotopic (exact) mass is 366 g/mol. The number of sulfonamides is 1. The summed E-state index contributed by atoms with van der Waals surface area (Å²) in [4.78, 5) is 2.18. The van der Waals surface area contributed by atoms with Crippen molar-refractivity contribution in [3.05, 3.63) is 64.7 Å². The molecule has 4 nitrogen and oxygen atoms in total. The molecule has 2 aromatic carbocycles. The van der Waals surface area contributed by atoms with Gasteiger partial charge in [-0.15, -0.1) is 0 Å². The van der Waals surface area contributed by atoms with Crippen LogP contribution in [0.1, 0.15) is 24.1 Å². The van der Waals surface area contributed by atoms with Crippen molar-refractivity contribution in [3.8, 4) is 0 Å². The minimum Gasteiger partial charge on any atom is -0.301 e. The Morgan fingerprint density at radius 1 is 1.12 bits per heavy atom. The van der Waals surface area contributed by atoms with Crippen molar-refractivity contribution in [2.75, 3.05) is 20.6 Å². The minimum atomic E-state index is -3.59. The second kappa shape index (κ2) is 8.12. The molecule has 0 aliphatic rings. The van der Waals surface area contributed by atoms with E-state index in [1.807, 2.05) is 19.0 Å². The molecule has 1 atom stereocenters. The van der Waals surface area contributed by atoms with Gasteiger partial charge in [-0.2, -0.15) is 0 Å². The maximum Gasteiger partial charge on any atom is 0.240 e. The summed E-state index contributed by atoms with van der Waals surface area (Å²) in [6.45, 7) is 2.39. The van der Waals surface area contributed by atoms with Crippen LogP contribution < -0.4 is 4.72 Å². The lowest BCUT2D eigenvalue weighted by molar-refractivity contribution is 0.299. The van der Waals surface area contributed by atoms with Crippen LogP contribution >= 0.6 is 11.6 Å². The molecule has 2 aromatic rings. The van der Waals surface area contributed by atoms with E-state index in [2.05, 4.69) is 35.9 Å². The van der Waals surface area contributed by atoms with Crippen LogP contribution in [0.2, 0.25) is 5.02 Å². The second-order valence-electron chi connectivity index (χ2n) is 5.88. The van der Waals surface area contributed by atoms with Crippen molar-refractivity contribution in [3.63, 3.8) is 0 Å². The number of hydrogen-bond acceptors (Lipinski definition) is 3. The van der Waals surface area contributed by atoms with Crippen molar-refractivity contribution in [1.82, 2.24) is 9.62 Å². The van der Waals surface area contributed by atoms with Crippen LogP contribution in [0.15, 0.2) is 53.4 Å². The van der Waals surface area contributed by atoms with Gasteiger partial charge in [-0.05, 0) is 49.8 Å². The smallest absolute Gasteiger partial charge is 0.240 e. The van der Waals surface area contributed by atoms with Crippen molar-refractivity contribution in [2.45, 2.75) is 24.3 Å². The van der Waals surface area contributed by atoms with Gasteiger partial charge in [-0.3, -0.25) is 0 Å². The van der Waals surface area contributed by atoms with Gasteiger partial charge in [0.25, 0.3) is 0 Å². The van der Waals surface area contributed by atoms with E-state index in [9.17, 15) is 8.42 Å². The summed E-state index contributed by atoms with van der Waals surface area (Å²) < 4.78 is 27.6. The maximum absolute atomic E-state index is 12.5. The molecule has 0 spiro atoms. The van der Waals surface area contributed by atoms with Gasteiger partial charge in [-0.25, -0.2) is 13.1 Å². The Morgan fingerprint density at radius 3 is 2.33 bits per heavy atom. The fraction of sp³-hybridized carbons (Fsp3) is 0.333. The highest BCUT2D eigenvalue weighted by Gasteiger charge is 2.19. The zero-order chi connectivity index (χ0) is 17.7. The maximum atomic E-state index is 12.5. The summed E-state index contributed by atoms with van der Waals surface area (Å²) in [6.07, 6.45) is 0.980. The van der Waals surface area contributed by atoms with Gasteiger partial charge in [0.2, 0.25) is 10.0 Å². The number of nitrogens with zero attached hydrogens (tertiary/aromatic N) is 1. The highest BCUT2D eigenvalue weighted by molar-refractivity contribution is 7.89. The van der Waals surface area contributed by atoms with E-state index >= 15 is 0 Å². The van der Waals surface area contributed by atoms with E-state index in [4.69, 9.17) is 11.6 Å². The summed E-state index contributed by atoms with van der Waals surface area (Å²) in [5.41, 5.74) is 2.33. The molecule has 24 heavy (non-hydrogen) atoms. The summed E-state index contributed by atoms with van der Waals surface area (Å²) in [6, 6.07) is 14.5. The first-order chi connectivity index (χ1) is 11.3. The van der Waals surface area contributed by atoms with Crippen LogP contribution in [0, 0.1) is 0 Å². The van der Waals surface area contributed by atoms with Crippen molar-refractivity contribution < 1.29 is 8.42 Å². The Balaban J connectivity index is 2.16. The topological polar surface area (TPSA) is 49.4 Å². The van der Waals surface area contributed by atoms with Gasteiger partial charge in [0.05, 0.1) is 4.90 Å². The standard InChI is InChI=1S/C18H23ClN2O2S/c1-4-14-8-10-15(11-9-14)18(21(2)3)13-20-24(22,23)17-7-5-6-16(19)12-17/h5-12,18,20H,4,13H2,1-3H3. The van der Waals surface area contributed by atoms with Crippen LogP contribution in [0.25, 0.3) is 0 Å². The summed E-state index contributed by atoms with van der Waals surface area (Å²) in [5.74, 6) is 0. The SMILES string of the molecule is CCc1ccc(C(CNS(=O)(=O)c2cccc(Cl)c2)N(C)C)cc1. The van der Waals surface area contributed by atoms with Crippen molar-refractivity contribution in [1.29, 1.82) is 0 Å². The average Bonchev–Trinajstić information content (AvgIpc) is 2.55. The predicted octanol–water partition coefficient (Wildman–Crippen LogP) is 3.48. The normalized spacial score (nSPS) is 13.2. The average molecular weight is 367 g/mol. The van der Waals surface area contributed by atoms with Crippen LogP contribution in [0.3, 0.4) is 0 Å². The summed E-state index contributed by atoms with van der Waals surface area (Å²) in [7, 11) is 0.280. The van der Waals surface area contributed by atoms with E-state index in [1.165, 1.54) is 17.7 Å². The van der Waals surface area contributed by atoms with E-state index in [0.717, 1.165) is 12.0 Å².